The Hall–Kier alpha value is -3.14. The number of hydrogen-bond acceptors (Lipinski definition) is 6. The number of nitrogens with one attached hydrogen (secondary N) is 2. The Labute approximate surface area is 168 Å². The number of thiazole rings is 1. The second-order valence-electron chi connectivity index (χ2n) is 6.13. The lowest BCUT2D eigenvalue weighted by Gasteiger charge is -2.09. The molecule has 0 radical (unpaired) electrons. The number of halogens is 3. The summed E-state index contributed by atoms with van der Waals surface area (Å²) in [5, 5.41) is 8.21. The Kier molecular flexibility index (Phi) is 6.32. The van der Waals surface area contributed by atoms with Gasteiger partial charge in [0, 0.05) is 18.1 Å². The highest BCUT2D eigenvalue weighted by Gasteiger charge is 2.30. The van der Waals surface area contributed by atoms with E-state index in [-0.39, 0.29) is 24.6 Å². The maximum atomic E-state index is 12.2. The summed E-state index contributed by atoms with van der Waals surface area (Å²) in [6, 6.07) is 9.10. The molecule has 0 spiro atoms. The minimum Gasteiger partial charge on any atom is -0.406 e. The fourth-order valence-electron chi connectivity index (χ4n) is 2.40. The van der Waals surface area contributed by atoms with Gasteiger partial charge in [-0.3, -0.25) is 4.79 Å². The van der Waals surface area contributed by atoms with Crippen LogP contribution < -0.4 is 15.4 Å². The van der Waals surface area contributed by atoms with Crippen LogP contribution in [0.25, 0.3) is 0 Å². The van der Waals surface area contributed by atoms with E-state index in [2.05, 4.69) is 25.3 Å². The molecule has 0 saturated heterocycles. The van der Waals surface area contributed by atoms with Crippen LogP contribution in [0.5, 0.6) is 5.75 Å². The predicted octanol–water partition coefficient (Wildman–Crippen LogP) is 4.35. The highest BCUT2D eigenvalue weighted by Crippen LogP contribution is 2.23. The van der Waals surface area contributed by atoms with Crippen LogP contribution >= 0.6 is 11.3 Å². The van der Waals surface area contributed by atoms with Crippen molar-refractivity contribution in [1.82, 2.24) is 15.3 Å². The summed E-state index contributed by atoms with van der Waals surface area (Å²) in [5.74, 6) is 0.123. The van der Waals surface area contributed by atoms with Gasteiger partial charge < -0.3 is 15.4 Å². The Morgan fingerprint density at radius 3 is 2.66 bits per heavy atom. The van der Waals surface area contributed by atoms with Crippen LogP contribution in [-0.4, -0.2) is 22.2 Å². The monoisotopic (exact) mass is 422 g/mol. The molecule has 0 saturated carbocycles. The van der Waals surface area contributed by atoms with E-state index in [1.165, 1.54) is 35.6 Å². The first-order valence-electron chi connectivity index (χ1n) is 8.52. The van der Waals surface area contributed by atoms with Crippen molar-refractivity contribution in [2.75, 3.05) is 5.32 Å². The van der Waals surface area contributed by atoms with Crippen LogP contribution in [0.2, 0.25) is 0 Å². The van der Waals surface area contributed by atoms with Gasteiger partial charge in [0.05, 0.1) is 12.1 Å². The summed E-state index contributed by atoms with van der Waals surface area (Å²) in [4.78, 5) is 20.7. The van der Waals surface area contributed by atoms with Gasteiger partial charge in [-0.25, -0.2) is 9.97 Å². The molecule has 152 valence electrons. The van der Waals surface area contributed by atoms with E-state index >= 15 is 0 Å². The summed E-state index contributed by atoms with van der Waals surface area (Å²) < 4.78 is 40.3. The van der Waals surface area contributed by atoms with Crippen molar-refractivity contribution in [1.29, 1.82) is 0 Å². The number of carbonyl (C=O) groups excluding carboxylic acids is 1. The molecule has 0 atom stereocenters. The van der Waals surface area contributed by atoms with Gasteiger partial charge >= 0.3 is 6.36 Å². The Morgan fingerprint density at radius 1 is 1.21 bits per heavy atom. The number of aryl methyl sites for hydroxylation is 1. The molecule has 10 heteroatoms. The lowest BCUT2D eigenvalue weighted by molar-refractivity contribution is -0.274. The fourth-order valence-corrected chi connectivity index (χ4v) is 3.11. The van der Waals surface area contributed by atoms with Gasteiger partial charge in [0.1, 0.15) is 11.6 Å². The molecule has 0 unspecified atom stereocenters. The molecule has 0 bridgehead atoms. The summed E-state index contributed by atoms with van der Waals surface area (Å²) in [7, 11) is 0. The van der Waals surface area contributed by atoms with Crippen LogP contribution in [0.4, 0.5) is 24.1 Å². The molecule has 0 aliphatic heterocycles. The highest BCUT2D eigenvalue weighted by atomic mass is 32.1. The quantitative estimate of drug-likeness (QED) is 0.592. The third-order valence-electron chi connectivity index (χ3n) is 3.69. The number of pyridine rings is 1. The van der Waals surface area contributed by atoms with E-state index in [4.69, 9.17) is 0 Å². The molecule has 0 aliphatic rings. The first-order valence-corrected chi connectivity index (χ1v) is 9.40. The Bertz CT molecular complexity index is 974. The average molecular weight is 422 g/mol. The molecule has 1 amide bonds. The molecule has 2 N–H and O–H groups in total. The van der Waals surface area contributed by atoms with Crippen molar-refractivity contribution >= 4 is 28.2 Å². The second kappa shape index (κ2) is 8.91. The SMILES string of the molecule is Cc1ccnc(Nc2nc(CC(=O)NCc3ccc(OC(F)(F)F)cc3)cs2)c1. The number of aromatic nitrogens is 2. The summed E-state index contributed by atoms with van der Waals surface area (Å²) >= 11 is 1.36. The zero-order valence-corrected chi connectivity index (χ0v) is 16.1. The molecule has 29 heavy (non-hydrogen) atoms. The maximum absolute atomic E-state index is 12.2. The van der Waals surface area contributed by atoms with Crippen molar-refractivity contribution in [2.45, 2.75) is 26.3 Å². The van der Waals surface area contributed by atoms with E-state index < -0.39 is 6.36 Å². The molecule has 1 aromatic carbocycles. The van der Waals surface area contributed by atoms with Gasteiger partial charge in [0.15, 0.2) is 5.13 Å². The van der Waals surface area contributed by atoms with E-state index in [0.717, 1.165) is 5.56 Å². The third kappa shape index (κ3) is 6.75. The molecule has 0 fully saturated rings. The lowest BCUT2D eigenvalue weighted by atomic mass is 10.2. The van der Waals surface area contributed by atoms with E-state index in [0.29, 0.717) is 22.2 Å². The average Bonchev–Trinajstić information content (AvgIpc) is 3.06. The first kappa shape index (κ1) is 20.6. The van der Waals surface area contributed by atoms with E-state index in [1.807, 2.05) is 19.1 Å². The predicted molar refractivity (Wildman–Crippen MR) is 103 cm³/mol. The minimum absolute atomic E-state index is 0.0920. The Morgan fingerprint density at radius 2 is 1.97 bits per heavy atom. The van der Waals surface area contributed by atoms with Gasteiger partial charge in [-0.15, -0.1) is 24.5 Å². The summed E-state index contributed by atoms with van der Waals surface area (Å²) in [5.41, 5.74) is 2.33. The lowest BCUT2D eigenvalue weighted by Crippen LogP contribution is -2.24. The maximum Gasteiger partial charge on any atom is 0.573 e. The number of nitrogens with zero attached hydrogens (tertiary/aromatic N) is 2. The van der Waals surface area contributed by atoms with Gasteiger partial charge in [-0.2, -0.15) is 0 Å². The van der Waals surface area contributed by atoms with Gasteiger partial charge in [-0.1, -0.05) is 12.1 Å². The third-order valence-corrected chi connectivity index (χ3v) is 4.50. The number of ether oxygens (including phenoxy) is 1. The largest absolute Gasteiger partial charge is 0.573 e. The van der Waals surface area contributed by atoms with Gasteiger partial charge in [0.2, 0.25) is 5.91 Å². The van der Waals surface area contributed by atoms with Crippen LogP contribution in [0.15, 0.2) is 48.0 Å². The standard InChI is InChI=1S/C19H17F3N4O2S/c1-12-6-7-23-16(8-12)26-18-25-14(11-29-18)9-17(27)24-10-13-2-4-15(5-3-13)28-19(20,21)22/h2-8,11H,9-10H2,1H3,(H,24,27)(H,23,25,26). The number of alkyl halides is 3. The van der Waals surface area contributed by atoms with Crippen molar-refractivity contribution in [3.05, 3.63) is 64.8 Å². The van der Waals surface area contributed by atoms with E-state index in [1.54, 1.807) is 11.6 Å². The van der Waals surface area contributed by atoms with Gasteiger partial charge in [0.25, 0.3) is 0 Å². The zero-order chi connectivity index (χ0) is 20.9. The van der Waals surface area contributed by atoms with Crippen molar-refractivity contribution < 1.29 is 22.7 Å². The van der Waals surface area contributed by atoms with Crippen LogP contribution in [0.1, 0.15) is 16.8 Å². The zero-order valence-electron chi connectivity index (χ0n) is 15.3. The number of amides is 1. The number of hydrogen-bond donors (Lipinski definition) is 2. The molecule has 2 aromatic heterocycles. The van der Waals surface area contributed by atoms with Crippen LogP contribution in [0, 0.1) is 6.92 Å². The molecule has 0 aliphatic carbocycles. The van der Waals surface area contributed by atoms with Crippen molar-refractivity contribution in [3.63, 3.8) is 0 Å². The normalized spacial score (nSPS) is 11.2. The van der Waals surface area contributed by atoms with Gasteiger partial charge in [-0.05, 0) is 42.3 Å². The summed E-state index contributed by atoms with van der Waals surface area (Å²) in [6.45, 7) is 2.15. The van der Waals surface area contributed by atoms with Crippen molar-refractivity contribution in [2.24, 2.45) is 0 Å². The number of anilines is 2. The minimum atomic E-state index is -4.73. The number of rotatable bonds is 7. The molecule has 2 heterocycles. The fraction of sp³-hybridized carbons (Fsp3) is 0.211. The smallest absolute Gasteiger partial charge is 0.406 e. The van der Waals surface area contributed by atoms with Crippen molar-refractivity contribution in [3.8, 4) is 5.75 Å². The second-order valence-corrected chi connectivity index (χ2v) is 6.99. The first-order chi connectivity index (χ1) is 13.8. The Balaban J connectivity index is 1.48. The number of benzene rings is 1. The topological polar surface area (TPSA) is 76.1 Å². The highest BCUT2D eigenvalue weighted by molar-refractivity contribution is 7.13. The molecular weight excluding hydrogens is 405 g/mol. The molecule has 3 rings (SSSR count). The molecular formula is C19H17F3N4O2S. The van der Waals surface area contributed by atoms with E-state index in [9.17, 15) is 18.0 Å². The van der Waals surface area contributed by atoms with Crippen LogP contribution in [-0.2, 0) is 17.8 Å². The van der Waals surface area contributed by atoms with Crippen LogP contribution in [0.3, 0.4) is 0 Å². The molecule has 6 nitrogen and oxygen atoms in total. The number of carbonyl (C=O) groups is 1. The molecule has 3 aromatic rings. The summed E-state index contributed by atoms with van der Waals surface area (Å²) in [6.07, 6.45) is -2.94.